The molecule has 0 radical (unpaired) electrons. The van der Waals surface area contributed by atoms with Crippen LogP contribution in [0.15, 0.2) is 42.5 Å². The predicted octanol–water partition coefficient (Wildman–Crippen LogP) is 3.57. The molecule has 1 aromatic heterocycles. The number of fused-ring (bicyclic) bond motifs is 1. The number of carbonyl (C=O) groups is 1. The number of rotatable bonds is 3. The van der Waals surface area contributed by atoms with E-state index in [4.69, 9.17) is 0 Å². The van der Waals surface area contributed by atoms with Gasteiger partial charge in [0.1, 0.15) is 5.01 Å². The number of benzene rings is 2. The molecule has 21 heavy (non-hydrogen) atoms. The summed E-state index contributed by atoms with van der Waals surface area (Å²) in [5, 5.41) is 20.5. The van der Waals surface area contributed by atoms with Crippen molar-refractivity contribution >= 4 is 33.2 Å². The van der Waals surface area contributed by atoms with Gasteiger partial charge >= 0.3 is 5.97 Å². The number of hydrogen-bond acceptors (Lipinski definition) is 5. The Morgan fingerprint density at radius 3 is 2.71 bits per heavy atom. The van der Waals surface area contributed by atoms with Crippen molar-refractivity contribution in [3.63, 3.8) is 0 Å². The molecule has 0 fully saturated rings. The third kappa shape index (κ3) is 2.34. The molecule has 0 aliphatic carbocycles. The van der Waals surface area contributed by atoms with Crippen LogP contribution in [-0.2, 0) is 0 Å². The molecule has 0 atom stereocenters. The fourth-order valence-electron chi connectivity index (χ4n) is 2.00. The minimum absolute atomic E-state index is 0.00998. The second kappa shape index (κ2) is 4.95. The lowest BCUT2D eigenvalue weighted by Gasteiger charge is -2.00. The lowest BCUT2D eigenvalue weighted by molar-refractivity contribution is -0.384. The molecule has 0 saturated heterocycles. The largest absolute Gasteiger partial charge is 0.478 e. The van der Waals surface area contributed by atoms with E-state index >= 15 is 0 Å². The Labute approximate surface area is 122 Å². The third-order valence-electron chi connectivity index (χ3n) is 2.97. The molecule has 0 amide bonds. The summed E-state index contributed by atoms with van der Waals surface area (Å²) in [6.07, 6.45) is 0. The number of non-ortho nitro benzene ring substituents is 1. The standard InChI is InChI=1S/C14H8N2O4S/c17-14(18)10-4-2-1-3-9(10)13-15-11-6-5-8(16(19)20)7-12(11)21-13/h1-7H,(H,17,18). The number of thiazole rings is 1. The number of nitrogens with zero attached hydrogens (tertiary/aromatic N) is 2. The average Bonchev–Trinajstić information content (AvgIpc) is 2.89. The highest BCUT2D eigenvalue weighted by Crippen LogP contribution is 2.33. The molecule has 0 spiro atoms. The Morgan fingerprint density at radius 1 is 1.24 bits per heavy atom. The van der Waals surface area contributed by atoms with Crippen molar-refractivity contribution in [3.05, 3.63) is 58.1 Å². The van der Waals surface area contributed by atoms with Gasteiger partial charge in [-0.1, -0.05) is 18.2 Å². The molecule has 0 aliphatic rings. The van der Waals surface area contributed by atoms with Gasteiger partial charge in [-0.05, 0) is 12.1 Å². The molecule has 0 bridgehead atoms. The molecule has 3 rings (SSSR count). The monoisotopic (exact) mass is 300 g/mol. The molecular formula is C14H8N2O4S. The van der Waals surface area contributed by atoms with E-state index in [1.165, 1.54) is 29.5 Å². The molecule has 3 aromatic rings. The molecule has 0 unspecified atom stereocenters. The first-order valence-corrected chi connectivity index (χ1v) is 6.75. The normalized spacial score (nSPS) is 10.7. The summed E-state index contributed by atoms with van der Waals surface area (Å²) in [5.41, 5.74) is 1.27. The van der Waals surface area contributed by atoms with Crippen LogP contribution in [0.4, 0.5) is 5.69 Å². The van der Waals surface area contributed by atoms with E-state index < -0.39 is 10.9 Å². The first kappa shape index (κ1) is 13.2. The minimum Gasteiger partial charge on any atom is -0.478 e. The number of hydrogen-bond donors (Lipinski definition) is 1. The number of aromatic nitrogens is 1. The number of nitro benzene ring substituents is 1. The van der Waals surface area contributed by atoms with Gasteiger partial charge in [0.15, 0.2) is 0 Å². The van der Waals surface area contributed by atoms with Crippen LogP contribution in [-0.4, -0.2) is 21.0 Å². The molecule has 6 nitrogen and oxygen atoms in total. The van der Waals surface area contributed by atoms with Crippen molar-refractivity contribution in [3.8, 4) is 10.6 Å². The van der Waals surface area contributed by atoms with Crippen molar-refractivity contribution in [2.24, 2.45) is 0 Å². The van der Waals surface area contributed by atoms with E-state index in [9.17, 15) is 20.0 Å². The van der Waals surface area contributed by atoms with E-state index in [2.05, 4.69) is 4.98 Å². The highest BCUT2D eigenvalue weighted by atomic mass is 32.1. The first-order valence-electron chi connectivity index (χ1n) is 5.94. The predicted molar refractivity (Wildman–Crippen MR) is 78.7 cm³/mol. The Morgan fingerprint density at radius 2 is 2.00 bits per heavy atom. The fraction of sp³-hybridized carbons (Fsp3) is 0. The highest BCUT2D eigenvalue weighted by molar-refractivity contribution is 7.21. The first-order chi connectivity index (χ1) is 10.1. The van der Waals surface area contributed by atoms with E-state index in [-0.39, 0.29) is 11.3 Å². The molecule has 0 saturated carbocycles. The average molecular weight is 300 g/mol. The Hall–Kier alpha value is -2.80. The maximum Gasteiger partial charge on any atom is 0.336 e. The van der Waals surface area contributed by atoms with Crippen molar-refractivity contribution in [1.82, 2.24) is 4.98 Å². The van der Waals surface area contributed by atoms with Gasteiger partial charge in [0.05, 0.1) is 20.7 Å². The maximum absolute atomic E-state index is 11.2. The van der Waals surface area contributed by atoms with E-state index in [0.717, 1.165) is 0 Å². The number of carboxylic acids is 1. The van der Waals surface area contributed by atoms with E-state index in [0.29, 0.717) is 20.8 Å². The SMILES string of the molecule is O=C(O)c1ccccc1-c1nc2ccc([N+](=O)[O-])cc2s1. The van der Waals surface area contributed by atoms with Crippen molar-refractivity contribution < 1.29 is 14.8 Å². The van der Waals surface area contributed by atoms with Gasteiger partial charge in [-0.2, -0.15) is 0 Å². The summed E-state index contributed by atoms with van der Waals surface area (Å²) in [5.74, 6) is -1.03. The van der Waals surface area contributed by atoms with Gasteiger partial charge in [-0.3, -0.25) is 10.1 Å². The van der Waals surface area contributed by atoms with Crippen LogP contribution >= 0.6 is 11.3 Å². The van der Waals surface area contributed by atoms with E-state index in [1.807, 2.05) is 0 Å². The zero-order valence-electron chi connectivity index (χ0n) is 10.5. The maximum atomic E-state index is 11.2. The summed E-state index contributed by atoms with van der Waals surface area (Å²) < 4.78 is 0.652. The van der Waals surface area contributed by atoms with Crippen LogP contribution in [0.1, 0.15) is 10.4 Å². The van der Waals surface area contributed by atoms with Crippen LogP contribution < -0.4 is 0 Å². The summed E-state index contributed by atoms with van der Waals surface area (Å²) >= 11 is 1.23. The Kier molecular flexibility index (Phi) is 3.11. The molecular weight excluding hydrogens is 292 g/mol. The zero-order valence-corrected chi connectivity index (χ0v) is 11.3. The van der Waals surface area contributed by atoms with E-state index in [1.54, 1.807) is 24.3 Å². The number of nitro groups is 1. The minimum atomic E-state index is -1.03. The highest BCUT2D eigenvalue weighted by Gasteiger charge is 2.16. The van der Waals surface area contributed by atoms with Gasteiger partial charge in [0.2, 0.25) is 0 Å². The molecule has 104 valence electrons. The molecule has 7 heteroatoms. The van der Waals surface area contributed by atoms with Gasteiger partial charge in [0, 0.05) is 17.7 Å². The number of carboxylic acid groups (broad SMARTS) is 1. The third-order valence-corrected chi connectivity index (χ3v) is 4.02. The summed E-state index contributed by atoms with van der Waals surface area (Å²) in [4.78, 5) is 25.9. The Bertz CT molecular complexity index is 872. The van der Waals surface area contributed by atoms with Gasteiger partial charge in [-0.25, -0.2) is 9.78 Å². The lowest BCUT2D eigenvalue weighted by Crippen LogP contribution is -1.98. The van der Waals surface area contributed by atoms with Crippen molar-refractivity contribution in [2.45, 2.75) is 0 Å². The van der Waals surface area contributed by atoms with Crippen LogP contribution in [0.3, 0.4) is 0 Å². The number of aromatic carboxylic acids is 1. The summed E-state index contributed by atoms with van der Waals surface area (Å²) in [6.45, 7) is 0. The quantitative estimate of drug-likeness (QED) is 0.589. The summed E-state index contributed by atoms with van der Waals surface area (Å²) in [6, 6.07) is 11.0. The second-order valence-electron chi connectivity index (χ2n) is 4.28. The molecule has 0 aliphatic heterocycles. The molecule has 2 aromatic carbocycles. The van der Waals surface area contributed by atoms with Crippen LogP contribution in [0, 0.1) is 10.1 Å². The van der Waals surface area contributed by atoms with Crippen molar-refractivity contribution in [2.75, 3.05) is 0 Å². The summed E-state index contributed by atoms with van der Waals surface area (Å²) in [7, 11) is 0. The zero-order chi connectivity index (χ0) is 15.0. The smallest absolute Gasteiger partial charge is 0.336 e. The van der Waals surface area contributed by atoms with Crippen LogP contribution in [0.2, 0.25) is 0 Å². The van der Waals surface area contributed by atoms with Gasteiger partial charge < -0.3 is 5.11 Å². The fourth-order valence-corrected chi connectivity index (χ4v) is 3.04. The van der Waals surface area contributed by atoms with Gasteiger partial charge in [0.25, 0.3) is 5.69 Å². The van der Waals surface area contributed by atoms with Gasteiger partial charge in [-0.15, -0.1) is 11.3 Å². The second-order valence-corrected chi connectivity index (χ2v) is 5.31. The van der Waals surface area contributed by atoms with Crippen molar-refractivity contribution in [1.29, 1.82) is 0 Å². The molecule has 1 heterocycles. The Balaban J connectivity index is 2.18. The lowest BCUT2D eigenvalue weighted by atomic mass is 10.1. The van der Waals surface area contributed by atoms with Crippen LogP contribution in [0.5, 0.6) is 0 Å². The van der Waals surface area contributed by atoms with Crippen LogP contribution in [0.25, 0.3) is 20.8 Å². The topological polar surface area (TPSA) is 93.3 Å². The molecule has 1 N–H and O–H groups in total.